The first-order chi connectivity index (χ1) is 14.9. The first-order valence-electron chi connectivity index (χ1n) is 11.6. The van der Waals surface area contributed by atoms with Gasteiger partial charge < -0.3 is 18.6 Å². The van der Waals surface area contributed by atoms with Crippen molar-refractivity contribution in [3.05, 3.63) is 60.7 Å². The molecule has 2 aliphatic heterocycles. The zero-order valence-electron chi connectivity index (χ0n) is 18.9. The van der Waals surface area contributed by atoms with Gasteiger partial charge in [-0.25, -0.2) is 0 Å². The molecule has 2 aromatic rings. The normalized spacial score (nSPS) is 28.0. The number of hydrogen-bond donors (Lipinski definition) is 0. The highest BCUT2D eigenvalue weighted by molar-refractivity contribution is 6.99. The van der Waals surface area contributed by atoms with Crippen LogP contribution in [0.4, 0.5) is 0 Å². The summed E-state index contributed by atoms with van der Waals surface area (Å²) in [6.07, 6.45) is 3.86. The Hall–Kier alpha value is -1.50. The second-order valence-corrected chi connectivity index (χ2v) is 14.5. The lowest BCUT2D eigenvalue weighted by Gasteiger charge is -2.45. The van der Waals surface area contributed by atoms with Gasteiger partial charge in [0.1, 0.15) is 0 Å². The van der Waals surface area contributed by atoms with Crippen molar-refractivity contribution in [2.24, 2.45) is 0 Å². The maximum atomic E-state index is 7.30. The molecule has 1 unspecified atom stereocenters. The molecule has 5 heteroatoms. The zero-order chi connectivity index (χ0) is 21.5. The van der Waals surface area contributed by atoms with Crippen LogP contribution in [0.2, 0.25) is 5.04 Å². The first kappa shape index (κ1) is 21.3. The van der Waals surface area contributed by atoms with E-state index in [4.69, 9.17) is 18.6 Å². The van der Waals surface area contributed by atoms with Gasteiger partial charge in [-0.1, -0.05) is 81.4 Å². The van der Waals surface area contributed by atoms with Crippen LogP contribution < -0.4 is 10.4 Å². The van der Waals surface area contributed by atoms with Crippen molar-refractivity contribution in [1.82, 2.24) is 0 Å². The third-order valence-electron chi connectivity index (χ3n) is 7.15. The zero-order valence-corrected chi connectivity index (χ0v) is 19.9. The molecule has 0 aromatic heterocycles. The van der Waals surface area contributed by atoms with Crippen LogP contribution in [0.15, 0.2) is 60.7 Å². The van der Waals surface area contributed by atoms with E-state index in [1.54, 1.807) is 0 Å². The van der Waals surface area contributed by atoms with Gasteiger partial charge in [0, 0.05) is 25.7 Å². The lowest BCUT2D eigenvalue weighted by atomic mass is 10.1. The molecule has 2 saturated heterocycles. The van der Waals surface area contributed by atoms with Crippen molar-refractivity contribution in [3.8, 4) is 0 Å². The second-order valence-electron chi connectivity index (χ2n) is 10.2. The summed E-state index contributed by atoms with van der Waals surface area (Å²) in [7, 11) is -2.54. The van der Waals surface area contributed by atoms with Crippen molar-refractivity contribution in [1.29, 1.82) is 0 Å². The molecule has 2 heterocycles. The first-order valence-corrected chi connectivity index (χ1v) is 13.5. The summed E-state index contributed by atoms with van der Waals surface area (Å²) >= 11 is 0. The Kier molecular flexibility index (Phi) is 5.60. The number of benzene rings is 2. The summed E-state index contributed by atoms with van der Waals surface area (Å²) in [5, 5.41) is 2.64. The third kappa shape index (κ3) is 3.81. The van der Waals surface area contributed by atoms with E-state index >= 15 is 0 Å². The van der Waals surface area contributed by atoms with Gasteiger partial charge in [0.05, 0.1) is 31.5 Å². The maximum Gasteiger partial charge on any atom is 0.261 e. The fourth-order valence-corrected chi connectivity index (χ4v) is 10.4. The molecule has 3 atom stereocenters. The minimum absolute atomic E-state index is 0.0168. The van der Waals surface area contributed by atoms with Crippen LogP contribution in [0.5, 0.6) is 0 Å². The molecule has 166 valence electrons. The smallest absolute Gasteiger partial charge is 0.261 e. The highest BCUT2D eigenvalue weighted by atomic mass is 28.4. The molecule has 0 bridgehead atoms. The number of fused-ring (bicyclic) bond motifs is 1. The molecule has 0 radical (unpaired) electrons. The van der Waals surface area contributed by atoms with Gasteiger partial charge in [-0.2, -0.15) is 0 Å². The van der Waals surface area contributed by atoms with Crippen LogP contribution >= 0.6 is 0 Å². The Morgan fingerprint density at radius 1 is 0.806 bits per heavy atom. The average molecular weight is 439 g/mol. The lowest BCUT2D eigenvalue weighted by Crippen LogP contribution is -2.67. The van der Waals surface area contributed by atoms with Crippen LogP contribution in [-0.2, 0) is 18.6 Å². The largest absolute Gasteiger partial charge is 0.404 e. The molecular formula is C26H34O4Si. The minimum Gasteiger partial charge on any atom is -0.404 e. The molecule has 31 heavy (non-hydrogen) atoms. The van der Waals surface area contributed by atoms with Crippen LogP contribution in [0.25, 0.3) is 0 Å². The Morgan fingerprint density at radius 3 is 1.74 bits per heavy atom. The molecule has 1 spiro atoms. The van der Waals surface area contributed by atoms with Crippen LogP contribution in [0.3, 0.4) is 0 Å². The summed E-state index contributed by atoms with van der Waals surface area (Å²) in [5.74, 6) is -0.421. The quantitative estimate of drug-likeness (QED) is 0.676. The monoisotopic (exact) mass is 438 g/mol. The molecule has 1 aliphatic carbocycles. The van der Waals surface area contributed by atoms with Gasteiger partial charge in [-0.15, -0.1) is 0 Å². The fourth-order valence-electron chi connectivity index (χ4n) is 5.70. The highest BCUT2D eigenvalue weighted by Crippen LogP contribution is 2.46. The molecule has 4 nitrogen and oxygen atoms in total. The van der Waals surface area contributed by atoms with E-state index in [0.29, 0.717) is 0 Å². The average Bonchev–Trinajstić information content (AvgIpc) is 3.27. The fraction of sp³-hybridized carbons (Fsp3) is 0.538. The van der Waals surface area contributed by atoms with Crippen molar-refractivity contribution < 1.29 is 18.6 Å². The predicted molar refractivity (Wildman–Crippen MR) is 124 cm³/mol. The van der Waals surface area contributed by atoms with Crippen LogP contribution in [-0.4, -0.2) is 45.6 Å². The van der Waals surface area contributed by atoms with Gasteiger partial charge in [0.25, 0.3) is 8.32 Å². The van der Waals surface area contributed by atoms with Crippen molar-refractivity contribution in [2.75, 3.05) is 13.2 Å². The van der Waals surface area contributed by atoms with Gasteiger partial charge >= 0.3 is 0 Å². The molecule has 0 N–H and O–H groups in total. The molecule has 0 amide bonds. The summed E-state index contributed by atoms with van der Waals surface area (Å²) in [5.41, 5.74) is 0. The summed E-state index contributed by atoms with van der Waals surface area (Å²) in [6.45, 7) is 8.44. The van der Waals surface area contributed by atoms with Gasteiger partial charge in [0.2, 0.25) is 0 Å². The SMILES string of the molecule is CC(C)(C)[Si](OC1C[C@@H]2OC3(CCOCC3)O[C@@H]2C1)(c1ccccc1)c1ccccc1. The number of rotatable bonds is 4. The Bertz CT molecular complexity index is 818. The molecular weight excluding hydrogens is 404 g/mol. The van der Waals surface area contributed by atoms with Crippen molar-refractivity contribution >= 4 is 18.7 Å². The highest BCUT2D eigenvalue weighted by Gasteiger charge is 2.56. The summed E-state index contributed by atoms with van der Waals surface area (Å²) in [4.78, 5) is 0. The lowest BCUT2D eigenvalue weighted by molar-refractivity contribution is -0.222. The van der Waals surface area contributed by atoms with E-state index in [9.17, 15) is 0 Å². The molecule has 3 fully saturated rings. The maximum absolute atomic E-state index is 7.30. The van der Waals surface area contributed by atoms with Gasteiger partial charge in [-0.3, -0.25) is 0 Å². The number of hydrogen-bond acceptors (Lipinski definition) is 4. The third-order valence-corrected chi connectivity index (χ3v) is 12.2. The van der Waals surface area contributed by atoms with E-state index in [1.165, 1.54) is 10.4 Å². The van der Waals surface area contributed by atoms with E-state index in [0.717, 1.165) is 38.9 Å². The Balaban J connectivity index is 1.44. The summed E-state index contributed by atoms with van der Waals surface area (Å²) in [6, 6.07) is 21.7. The van der Waals surface area contributed by atoms with E-state index in [-0.39, 0.29) is 23.4 Å². The van der Waals surface area contributed by atoms with E-state index in [1.807, 2.05) is 0 Å². The molecule has 2 aromatic carbocycles. The van der Waals surface area contributed by atoms with Crippen molar-refractivity contribution in [3.63, 3.8) is 0 Å². The number of ether oxygens (including phenoxy) is 3. The second kappa shape index (κ2) is 8.12. The molecule has 1 saturated carbocycles. The minimum atomic E-state index is -2.54. The van der Waals surface area contributed by atoms with Gasteiger partial charge in [-0.05, 0) is 15.4 Å². The topological polar surface area (TPSA) is 36.9 Å². The Labute approximate surface area is 187 Å². The van der Waals surface area contributed by atoms with E-state index in [2.05, 4.69) is 81.4 Å². The van der Waals surface area contributed by atoms with Crippen LogP contribution in [0.1, 0.15) is 46.5 Å². The molecule has 5 rings (SSSR count). The standard InChI is InChI=1S/C26H34O4Si/c1-25(2,3)31(21-10-6-4-7-11-21,22-12-8-5-9-13-22)30-20-18-23-24(19-20)29-26(28-23)14-16-27-17-15-26/h4-13,20,23-24H,14-19H2,1-3H3/t20?,23-,24+. The van der Waals surface area contributed by atoms with E-state index < -0.39 is 14.1 Å². The van der Waals surface area contributed by atoms with Gasteiger partial charge in [0.15, 0.2) is 5.79 Å². The van der Waals surface area contributed by atoms with Crippen LogP contribution in [0, 0.1) is 0 Å². The summed E-state index contributed by atoms with van der Waals surface area (Å²) < 4.78 is 25.8. The Morgan fingerprint density at radius 2 is 1.29 bits per heavy atom. The predicted octanol–water partition coefficient (Wildman–Crippen LogP) is 4.02. The van der Waals surface area contributed by atoms with Crippen molar-refractivity contribution in [2.45, 2.75) is 75.6 Å². The molecule has 3 aliphatic rings.